The van der Waals surface area contributed by atoms with E-state index in [0.29, 0.717) is 0 Å². The molecule has 0 saturated heterocycles. The third kappa shape index (κ3) is 2.36. The van der Waals surface area contributed by atoms with Gasteiger partial charge in [-0.1, -0.05) is 12.1 Å². The first kappa shape index (κ1) is 11.8. The van der Waals surface area contributed by atoms with Crippen LogP contribution < -0.4 is 9.80 Å². The van der Waals surface area contributed by atoms with Gasteiger partial charge < -0.3 is 9.80 Å². The molecule has 0 saturated carbocycles. The monoisotopic (exact) mass is 228 g/mol. The Morgan fingerprint density at radius 3 is 1.88 bits per heavy atom. The Balaban J connectivity index is 2.46. The van der Waals surface area contributed by atoms with Crippen LogP contribution in [0.2, 0.25) is 0 Å². The topological polar surface area (TPSA) is 6.48 Å². The summed E-state index contributed by atoms with van der Waals surface area (Å²) in [6.45, 7) is 3.20. The van der Waals surface area contributed by atoms with Gasteiger partial charge in [-0.2, -0.15) is 0 Å². The van der Waals surface area contributed by atoms with E-state index in [4.69, 9.17) is 0 Å². The normalized spacial score (nSPS) is 10.6. The molecular formula is C15H20N2. The maximum atomic E-state index is 2.25. The highest BCUT2D eigenvalue weighted by atomic mass is 15.1. The largest absolute Gasteiger partial charge is 0.378 e. The molecule has 0 aliphatic carbocycles. The molecule has 2 rings (SSSR count). The second-order valence-electron chi connectivity index (χ2n) is 4.62. The van der Waals surface area contributed by atoms with E-state index in [1.165, 1.54) is 22.1 Å². The van der Waals surface area contributed by atoms with Gasteiger partial charge in [0.25, 0.3) is 0 Å². The molecule has 90 valence electrons. The molecule has 0 heterocycles. The molecule has 0 spiro atoms. The van der Waals surface area contributed by atoms with Crippen molar-refractivity contribution in [3.63, 3.8) is 0 Å². The predicted octanol–water partition coefficient (Wildman–Crippen LogP) is 3.36. The van der Waals surface area contributed by atoms with Gasteiger partial charge in [-0.3, -0.25) is 0 Å². The lowest BCUT2D eigenvalue weighted by atomic mass is 10.1. The fourth-order valence-corrected chi connectivity index (χ4v) is 1.92. The van der Waals surface area contributed by atoms with Crippen molar-refractivity contribution in [2.45, 2.75) is 6.92 Å². The molecule has 0 unspecified atom stereocenters. The molecule has 2 aromatic rings. The first-order valence-corrected chi connectivity index (χ1v) is 6.04. The Morgan fingerprint density at radius 1 is 0.824 bits per heavy atom. The number of hydrogen-bond donors (Lipinski definition) is 0. The second kappa shape index (κ2) is 4.66. The van der Waals surface area contributed by atoms with Crippen LogP contribution in [0.4, 0.5) is 11.4 Å². The highest BCUT2D eigenvalue weighted by Crippen LogP contribution is 2.25. The van der Waals surface area contributed by atoms with E-state index in [2.05, 4.69) is 74.3 Å². The number of anilines is 2. The minimum atomic E-state index is 1.03. The van der Waals surface area contributed by atoms with E-state index in [-0.39, 0.29) is 0 Å². The molecule has 2 nitrogen and oxygen atoms in total. The van der Waals surface area contributed by atoms with Gasteiger partial charge in [0, 0.05) is 39.1 Å². The van der Waals surface area contributed by atoms with Gasteiger partial charge in [0.05, 0.1) is 0 Å². The molecule has 2 aromatic carbocycles. The van der Waals surface area contributed by atoms with Crippen LogP contribution in [-0.2, 0) is 0 Å². The van der Waals surface area contributed by atoms with Crippen LogP contribution in [-0.4, -0.2) is 27.7 Å². The lowest BCUT2D eigenvalue weighted by Gasteiger charge is -2.18. The van der Waals surface area contributed by atoms with Crippen molar-refractivity contribution in [1.82, 2.24) is 0 Å². The van der Waals surface area contributed by atoms with Crippen LogP contribution in [0.3, 0.4) is 0 Å². The van der Waals surface area contributed by atoms with Gasteiger partial charge in [0.1, 0.15) is 0 Å². The Kier molecular flexibility index (Phi) is 3.23. The first-order chi connectivity index (χ1) is 8.11. The summed E-state index contributed by atoms with van der Waals surface area (Å²) in [4.78, 5) is 4.38. The minimum absolute atomic E-state index is 1.03. The number of hydrogen-bond acceptors (Lipinski definition) is 2. The lowest BCUT2D eigenvalue weighted by molar-refractivity contribution is 0.970. The summed E-state index contributed by atoms with van der Waals surface area (Å²) in [5, 5.41) is 2.60. The van der Waals surface area contributed by atoms with Gasteiger partial charge in [-0.05, 0) is 42.0 Å². The lowest BCUT2D eigenvalue weighted by Crippen LogP contribution is -2.15. The highest BCUT2D eigenvalue weighted by Gasteiger charge is 2.02. The Morgan fingerprint density at radius 2 is 1.35 bits per heavy atom. The number of fused-ring (bicyclic) bond motifs is 1. The molecule has 17 heavy (non-hydrogen) atoms. The van der Waals surface area contributed by atoms with Gasteiger partial charge >= 0.3 is 0 Å². The smallest absolute Gasteiger partial charge is 0.0369 e. The summed E-state index contributed by atoms with van der Waals surface area (Å²) in [7, 11) is 6.26. The zero-order valence-electron chi connectivity index (χ0n) is 11.1. The minimum Gasteiger partial charge on any atom is -0.378 e. The summed E-state index contributed by atoms with van der Waals surface area (Å²) >= 11 is 0. The molecule has 0 bridgehead atoms. The van der Waals surface area contributed by atoms with Crippen molar-refractivity contribution in [1.29, 1.82) is 0 Å². The zero-order chi connectivity index (χ0) is 12.4. The van der Waals surface area contributed by atoms with Crippen molar-refractivity contribution in [3.05, 3.63) is 36.4 Å². The van der Waals surface area contributed by atoms with E-state index in [1.54, 1.807) is 0 Å². The maximum Gasteiger partial charge on any atom is 0.0369 e. The SMILES string of the molecule is CCN(C)c1ccc2cc(N(C)C)ccc2c1. The van der Waals surface area contributed by atoms with E-state index in [0.717, 1.165) is 6.54 Å². The Hall–Kier alpha value is -1.70. The van der Waals surface area contributed by atoms with Gasteiger partial charge in [0.2, 0.25) is 0 Å². The zero-order valence-corrected chi connectivity index (χ0v) is 11.1. The summed E-state index contributed by atoms with van der Waals surface area (Å²) in [5.74, 6) is 0. The summed E-state index contributed by atoms with van der Waals surface area (Å²) in [6.07, 6.45) is 0. The van der Waals surface area contributed by atoms with Crippen molar-refractivity contribution < 1.29 is 0 Å². The summed E-state index contributed by atoms with van der Waals surface area (Å²) < 4.78 is 0. The Bertz CT molecular complexity index is 517. The maximum absolute atomic E-state index is 2.25. The molecular weight excluding hydrogens is 208 g/mol. The van der Waals surface area contributed by atoms with E-state index < -0.39 is 0 Å². The highest BCUT2D eigenvalue weighted by molar-refractivity contribution is 5.88. The number of benzene rings is 2. The van der Waals surface area contributed by atoms with Crippen LogP contribution in [0.15, 0.2) is 36.4 Å². The van der Waals surface area contributed by atoms with Crippen molar-refractivity contribution >= 4 is 22.1 Å². The molecule has 0 atom stereocenters. The van der Waals surface area contributed by atoms with Crippen LogP contribution in [0.1, 0.15) is 6.92 Å². The Labute approximate surface area is 103 Å². The van der Waals surface area contributed by atoms with Gasteiger partial charge in [0.15, 0.2) is 0 Å². The third-order valence-electron chi connectivity index (χ3n) is 3.24. The summed E-state index contributed by atoms with van der Waals surface area (Å²) in [6, 6.07) is 13.2. The molecule has 0 radical (unpaired) electrons. The molecule has 2 heteroatoms. The average molecular weight is 228 g/mol. The van der Waals surface area contributed by atoms with Crippen LogP contribution >= 0.6 is 0 Å². The van der Waals surface area contributed by atoms with Crippen molar-refractivity contribution in [3.8, 4) is 0 Å². The quantitative estimate of drug-likeness (QED) is 0.794. The molecule has 0 amide bonds. The van der Waals surface area contributed by atoms with Crippen molar-refractivity contribution in [2.24, 2.45) is 0 Å². The summed E-state index contributed by atoms with van der Waals surface area (Å²) in [5.41, 5.74) is 2.52. The standard InChI is InChI=1S/C15H20N2/c1-5-17(4)15-9-7-12-10-14(16(2)3)8-6-13(12)11-15/h6-11H,5H2,1-4H3. The van der Waals surface area contributed by atoms with E-state index in [9.17, 15) is 0 Å². The average Bonchev–Trinajstić information content (AvgIpc) is 2.36. The van der Waals surface area contributed by atoms with Crippen molar-refractivity contribution in [2.75, 3.05) is 37.5 Å². The van der Waals surface area contributed by atoms with E-state index >= 15 is 0 Å². The van der Waals surface area contributed by atoms with E-state index in [1.807, 2.05) is 0 Å². The first-order valence-electron chi connectivity index (χ1n) is 6.04. The fourth-order valence-electron chi connectivity index (χ4n) is 1.92. The third-order valence-corrected chi connectivity index (χ3v) is 3.24. The van der Waals surface area contributed by atoms with Gasteiger partial charge in [-0.15, -0.1) is 0 Å². The fraction of sp³-hybridized carbons (Fsp3) is 0.333. The number of nitrogens with zero attached hydrogens (tertiary/aromatic N) is 2. The molecule has 0 aliphatic rings. The second-order valence-corrected chi connectivity index (χ2v) is 4.62. The molecule has 0 aliphatic heterocycles. The molecule has 0 N–H and O–H groups in total. The predicted molar refractivity (Wildman–Crippen MR) is 77.2 cm³/mol. The number of rotatable bonds is 3. The van der Waals surface area contributed by atoms with Gasteiger partial charge in [-0.25, -0.2) is 0 Å². The van der Waals surface area contributed by atoms with Crippen LogP contribution in [0.5, 0.6) is 0 Å². The van der Waals surface area contributed by atoms with Crippen LogP contribution in [0.25, 0.3) is 10.8 Å². The molecule has 0 aromatic heterocycles. The van der Waals surface area contributed by atoms with Crippen LogP contribution in [0, 0.1) is 0 Å². The molecule has 0 fully saturated rings.